The van der Waals surface area contributed by atoms with Gasteiger partial charge in [-0.05, 0) is 28.1 Å². The van der Waals surface area contributed by atoms with Gasteiger partial charge in [0.1, 0.15) is 11.0 Å². The highest BCUT2D eigenvalue weighted by Crippen LogP contribution is 2.19. The summed E-state index contributed by atoms with van der Waals surface area (Å²) in [7, 11) is 0. The van der Waals surface area contributed by atoms with Crippen LogP contribution in [0.25, 0.3) is 0 Å². The molecule has 0 aliphatic carbocycles. The first kappa shape index (κ1) is 18.3. The van der Waals surface area contributed by atoms with Gasteiger partial charge < -0.3 is 10.4 Å². The third kappa shape index (κ3) is 6.70. The SMILES string of the molecule is O=c1c(Br)c(NCCSCCCO)cnn1CC(F)(F)F. The summed E-state index contributed by atoms with van der Waals surface area (Å²) in [5, 5.41) is 15.1. The molecular weight excluding hydrogens is 375 g/mol. The van der Waals surface area contributed by atoms with Crippen molar-refractivity contribution >= 4 is 33.4 Å². The number of aromatic nitrogens is 2. The van der Waals surface area contributed by atoms with Crippen molar-refractivity contribution in [2.24, 2.45) is 0 Å². The van der Waals surface area contributed by atoms with Gasteiger partial charge in [-0.15, -0.1) is 0 Å². The van der Waals surface area contributed by atoms with Crippen LogP contribution in [0, 0.1) is 0 Å². The summed E-state index contributed by atoms with van der Waals surface area (Å²) in [6.07, 6.45) is -2.59. The molecule has 1 heterocycles. The highest BCUT2D eigenvalue weighted by Gasteiger charge is 2.29. The molecule has 1 aromatic rings. The molecule has 0 aliphatic rings. The highest BCUT2D eigenvalue weighted by atomic mass is 79.9. The average molecular weight is 390 g/mol. The van der Waals surface area contributed by atoms with Gasteiger partial charge in [0.2, 0.25) is 0 Å². The average Bonchev–Trinajstić information content (AvgIpc) is 2.40. The molecule has 0 amide bonds. The Balaban J connectivity index is 2.57. The molecule has 0 aliphatic heterocycles. The van der Waals surface area contributed by atoms with Crippen molar-refractivity contribution in [3.05, 3.63) is 21.0 Å². The van der Waals surface area contributed by atoms with E-state index < -0.39 is 18.3 Å². The van der Waals surface area contributed by atoms with Gasteiger partial charge in [-0.2, -0.15) is 30.0 Å². The smallest absolute Gasteiger partial charge is 0.396 e. The highest BCUT2D eigenvalue weighted by molar-refractivity contribution is 9.10. The van der Waals surface area contributed by atoms with Crippen LogP contribution in [0.15, 0.2) is 15.5 Å². The van der Waals surface area contributed by atoms with E-state index in [0.717, 1.165) is 11.5 Å². The number of rotatable bonds is 8. The van der Waals surface area contributed by atoms with E-state index >= 15 is 0 Å². The lowest BCUT2D eigenvalue weighted by molar-refractivity contribution is -0.143. The van der Waals surface area contributed by atoms with Crippen LogP contribution in [0.3, 0.4) is 0 Å². The van der Waals surface area contributed by atoms with Crippen LogP contribution in [0.2, 0.25) is 0 Å². The standard InChI is InChI=1S/C11H15BrF3N3O2S/c12-9-8(16-2-5-21-4-1-3-19)6-17-18(10(9)20)7-11(13,14)15/h6,16,19H,1-5,7H2. The lowest BCUT2D eigenvalue weighted by atomic mass is 10.4. The summed E-state index contributed by atoms with van der Waals surface area (Å²) in [6, 6.07) is 0. The molecule has 0 saturated carbocycles. The van der Waals surface area contributed by atoms with Crippen LogP contribution in [-0.2, 0) is 6.54 Å². The Hall–Kier alpha value is -0.740. The van der Waals surface area contributed by atoms with E-state index in [0.29, 0.717) is 23.3 Å². The van der Waals surface area contributed by atoms with Crippen molar-refractivity contribution < 1.29 is 18.3 Å². The molecule has 1 aromatic heterocycles. The lowest BCUT2D eigenvalue weighted by Crippen LogP contribution is -2.31. The molecule has 1 rings (SSSR count). The number of alkyl halides is 3. The molecule has 0 unspecified atom stereocenters. The van der Waals surface area contributed by atoms with E-state index in [1.807, 2.05) is 0 Å². The first-order valence-electron chi connectivity index (χ1n) is 6.10. The van der Waals surface area contributed by atoms with E-state index in [2.05, 4.69) is 26.3 Å². The number of nitrogens with zero attached hydrogens (tertiary/aromatic N) is 2. The minimum absolute atomic E-state index is 0.0297. The van der Waals surface area contributed by atoms with E-state index in [4.69, 9.17) is 5.11 Å². The molecule has 21 heavy (non-hydrogen) atoms. The molecule has 0 spiro atoms. The van der Waals surface area contributed by atoms with Gasteiger partial charge >= 0.3 is 6.18 Å². The fourth-order valence-electron chi connectivity index (χ4n) is 1.40. The van der Waals surface area contributed by atoms with Gasteiger partial charge in [-0.1, -0.05) is 0 Å². The summed E-state index contributed by atoms with van der Waals surface area (Å²) in [6.45, 7) is -0.728. The zero-order valence-electron chi connectivity index (χ0n) is 11.0. The fraction of sp³-hybridized carbons (Fsp3) is 0.636. The molecule has 0 bridgehead atoms. The van der Waals surface area contributed by atoms with E-state index in [1.165, 1.54) is 6.20 Å². The minimum atomic E-state index is -4.49. The number of nitrogens with one attached hydrogen (secondary N) is 1. The maximum Gasteiger partial charge on any atom is 0.408 e. The zero-order valence-corrected chi connectivity index (χ0v) is 13.4. The van der Waals surface area contributed by atoms with Crippen molar-refractivity contribution in [1.82, 2.24) is 9.78 Å². The summed E-state index contributed by atoms with van der Waals surface area (Å²) in [5.41, 5.74) is -0.466. The zero-order chi connectivity index (χ0) is 15.9. The van der Waals surface area contributed by atoms with Gasteiger partial charge in [-0.25, -0.2) is 4.68 Å². The topological polar surface area (TPSA) is 67.2 Å². The van der Waals surface area contributed by atoms with Crippen LogP contribution in [0.5, 0.6) is 0 Å². The van der Waals surface area contributed by atoms with Crippen molar-refractivity contribution in [2.75, 3.05) is 30.0 Å². The van der Waals surface area contributed by atoms with E-state index in [9.17, 15) is 18.0 Å². The van der Waals surface area contributed by atoms with Gasteiger partial charge in [0.15, 0.2) is 0 Å². The van der Waals surface area contributed by atoms with Crippen LogP contribution >= 0.6 is 27.7 Å². The minimum Gasteiger partial charge on any atom is -0.396 e. The molecule has 0 atom stereocenters. The van der Waals surface area contributed by atoms with Crippen molar-refractivity contribution in [3.8, 4) is 0 Å². The molecule has 0 fully saturated rings. The Kier molecular flexibility index (Phi) is 7.53. The van der Waals surface area contributed by atoms with Crippen LogP contribution < -0.4 is 10.9 Å². The van der Waals surface area contributed by atoms with Crippen LogP contribution in [-0.4, -0.2) is 45.7 Å². The lowest BCUT2D eigenvalue weighted by Gasteiger charge is -2.11. The predicted octanol–water partition coefficient (Wildman–Crippen LogP) is 2.10. The number of aliphatic hydroxyl groups excluding tert-OH is 1. The predicted molar refractivity (Wildman–Crippen MR) is 79.8 cm³/mol. The Bertz CT molecular complexity index is 510. The molecule has 120 valence electrons. The van der Waals surface area contributed by atoms with Gasteiger partial charge in [0.05, 0.1) is 11.9 Å². The second-order valence-corrected chi connectivity index (χ2v) is 6.08. The van der Waals surface area contributed by atoms with Gasteiger partial charge in [0.25, 0.3) is 5.56 Å². The number of thioether (sulfide) groups is 1. The summed E-state index contributed by atoms with van der Waals surface area (Å²) in [5.74, 6) is 1.57. The third-order valence-electron chi connectivity index (χ3n) is 2.32. The van der Waals surface area contributed by atoms with Crippen LogP contribution in [0.1, 0.15) is 6.42 Å². The summed E-state index contributed by atoms with van der Waals surface area (Å²) in [4.78, 5) is 11.7. The van der Waals surface area contributed by atoms with Gasteiger partial charge in [0, 0.05) is 18.9 Å². The number of hydrogen-bond donors (Lipinski definition) is 2. The van der Waals surface area contributed by atoms with E-state index in [1.54, 1.807) is 11.8 Å². The summed E-state index contributed by atoms with van der Waals surface area (Å²) < 4.78 is 37.2. The first-order valence-corrected chi connectivity index (χ1v) is 8.05. The van der Waals surface area contributed by atoms with Crippen molar-refractivity contribution in [1.29, 1.82) is 0 Å². The monoisotopic (exact) mass is 389 g/mol. The molecular formula is C11H15BrF3N3O2S. The van der Waals surface area contributed by atoms with Crippen molar-refractivity contribution in [2.45, 2.75) is 19.1 Å². The molecule has 0 radical (unpaired) electrons. The number of anilines is 1. The normalized spacial score (nSPS) is 11.7. The Labute approximate surface area is 132 Å². The molecule has 10 heteroatoms. The Morgan fingerprint density at radius 2 is 2.14 bits per heavy atom. The maximum atomic E-state index is 12.3. The van der Waals surface area contributed by atoms with Crippen LogP contribution in [0.4, 0.5) is 18.9 Å². The fourth-order valence-corrected chi connectivity index (χ4v) is 2.63. The maximum absolute atomic E-state index is 12.3. The molecule has 2 N–H and O–H groups in total. The number of hydrogen-bond acceptors (Lipinski definition) is 5. The molecule has 5 nitrogen and oxygen atoms in total. The third-order valence-corrected chi connectivity index (χ3v) is 4.16. The van der Waals surface area contributed by atoms with Crippen molar-refractivity contribution in [3.63, 3.8) is 0 Å². The van der Waals surface area contributed by atoms with Gasteiger partial charge in [-0.3, -0.25) is 4.79 Å². The first-order chi connectivity index (χ1) is 9.85. The quantitative estimate of drug-likeness (QED) is 0.666. The largest absolute Gasteiger partial charge is 0.408 e. The summed E-state index contributed by atoms with van der Waals surface area (Å²) >= 11 is 4.62. The molecule has 0 aromatic carbocycles. The Morgan fingerprint density at radius 3 is 2.76 bits per heavy atom. The molecule has 0 saturated heterocycles. The second kappa shape index (κ2) is 8.64. The second-order valence-electron chi connectivity index (χ2n) is 4.07. The number of halogens is 4. The number of aliphatic hydroxyl groups is 1. The Morgan fingerprint density at radius 1 is 1.43 bits per heavy atom. The van der Waals surface area contributed by atoms with E-state index in [-0.39, 0.29) is 11.1 Å².